The number of anilines is 1. The van der Waals surface area contributed by atoms with Gasteiger partial charge in [-0.25, -0.2) is 9.97 Å². The van der Waals surface area contributed by atoms with Crippen LogP contribution in [0.5, 0.6) is 0 Å². The van der Waals surface area contributed by atoms with Crippen LogP contribution in [0.2, 0.25) is 0 Å². The van der Waals surface area contributed by atoms with Crippen LogP contribution in [0, 0.1) is 5.92 Å². The first-order chi connectivity index (χ1) is 11.6. The third-order valence-electron chi connectivity index (χ3n) is 4.06. The first-order valence-corrected chi connectivity index (χ1v) is 8.61. The largest absolute Gasteiger partial charge is 0.370 e. The number of nitrogens with one attached hydrogen (secondary N) is 1. The van der Waals surface area contributed by atoms with Gasteiger partial charge in [-0.3, -0.25) is 4.79 Å². The standard InChI is InChI=1S/C19H24N4O/c1-14(2)13-20-17-12-16(19(24)23-10-6-7-11-23)21-18(22-17)15-8-4-3-5-9-15/h3-5,8-9,12,14H,6-7,10-11,13H2,1-2H3,(H,20,21,22). The van der Waals surface area contributed by atoms with Crippen LogP contribution in [-0.2, 0) is 0 Å². The Balaban J connectivity index is 1.94. The Morgan fingerprint density at radius 3 is 2.54 bits per heavy atom. The van der Waals surface area contributed by atoms with Crippen molar-refractivity contribution in [2.45, 2.75) is 26.7 Å². The molecule has 0 bridgehead atoms. The molecule has 1 amide bonds. The summed E-state index contributed by atoms with van der Waals surface area (Å²) < 4.78 is 0. The van der Waals surface area contributed by atoms with Gasteiger partial charge < -0.3 is 10.2 Å². The van der Waals surface area contributed by atoms with Gasteiger partial charge >= 0.3 is 0 Å². The number of rotatable bonds is 5. The highest BCUT2D eigenvalue weighted by Gasteiger charge is 2.22. The lowest BCUT2D eigenvalue weighted by Gasteiger charge is -2.16. The second kappa shape index (κ2) is 7.43. The summed E-state index contributed by atoms with van der Waals surface area (Å²) in [7, 11) is 0. The number of hydrogen-bond donors (Lipinski definition) is 1. The predicted molar refractivity (Wildman–Crippen MR) is 95.9 cm³/mol. The molecule has 1 fully saturated rings. The van der Waals surface area contributed by atoms with E-state index in [1.54, 1.807) is 6.07 Å². The minimum atomic E-state index is -0.000298. The lowest BCUT2D eigenvalue weighted by molar-refractivity contribution is 0.0787. The summed E-state index contributed by atoms with van der Waals surface area (Å²) in [5.41, 5.74) is 1.39. The summed E-state index contributed by atoms with van der Waals surface area (Å²) >= 11 is 0. The molecular formula is C19H24N4O. The van der Waals surface area contributed by atoms with E-state index < -0.39 is 0 Å². The van der Waals surface area contributed by atoms with Crippen LogP contribution >= 0.6 is 0 Å². The van der Waals surface area contributed by atoms with Crippen molar-refractivity contribution in [2.24, 2.45) is 5.92 Å². The van der Waals surface area contributed by atoms with Gasteiger partial charge in [0, 0.05) is 31.3 Å². The molecule has 0 atom stereocenters. The molecule has 5 nitrogen and oxygen atoms in total. The molecule has 1 aromatic carbocycles. The van der Waals surface area contributed by atoms with Gasteiger partial charge in [-0.1, -0.05) is 44.2 Å². The van der Waals surface area contributed by atoms with Crippen molar-refractivity contribution in [3.63, 3.8) is 0 Å². The van der Waals surface area contributed by atoms with Crippen molar-refractivity contribution in [1.82, 2.24) is 14.9 Å². The summed E-state index contributed by atoms with van der Waals surface area (Å²) in [6, 6.07) is 11.6. The van der Waals surface area contributed by atoms with E-state index in [0.29, 0.717) is 23.3 Å². The van der Waals surface area contributed by atoms with Crippen molar-refractivity contribution in [3.05, 3.63) is 42.1 Å². The van der Waals surface area contributed by atoms with E-state index in [-0.39, 0.29) is 5.91 Å². The van der Waals surface area contributed by atoms with Crippen molar-refractivity contribution in [3.8, 4) is 11.4 Å². The molecule has 5 heteroatoms. The number of carbonyl (C=O) groups excluding carboxylic acids is 1. The fourth-order valence-electron chi connectivity index (χ4n) is 2.75. The molecule has 1 aromatic heterocycles. The van der Waals surface area contributed by atoms with E-state index in [1.165, 1.54) is 0 Å². The first-order valence-electron chi connectivity index (χ1n) is 8.61. The molecule has 3 rings (SSSR count). The van der Waals surface area contributed by atoms with Crippen LogP contribution in [0.4, 0.5) is 5.82 Å². The van der Waals surface area contributed by atoms with Gasteiger partial charge in [0.15, 0.2) is 5.82 Å². The Morgan fingerprint density at radius 2 is 1.88 bits per heavy atom. The molecular weight excluding hydrogens is 300 g/mol. The Hall–Kier alpha value is -2.43. The lowest BCUT2D eigenvalue weighted by Crippen LogP contribution is -2.28. The Morgan fingerprint density at radius 1 is 1.17 bits per heavy atom. The van der Waals surface area contributed by atoms with Gasteiger partial charge in [0.05, 0.1) is 0 Å². The molecule has 1 saturated heterocycles. The molecule has 0 aliphatic carbocycles. The van der Waals surface area contributed by atoms with E-state index in [0.717, 1.165) is 38.0 Å². The van der Waals surface area contributed by atoms with Crippen molar-refractivity contribution < 1.29 is 4.79 Å². The third-order valence-corrected chi connectivity index (χ3v) is 4.06. The molecule has 126 valence electrons. The van der Waals surface area contributed by atoms with E-state index in [1.807, 2.05) is 35.2 Å². The fourth-order valence-corrected chi connectivity index (χ4v) is 2.75. The van der Waals surface area contributed by atoms with Crippen LogP contribution in [0.25, 0.3) is 11.4 Å². The Kier molecular flexibility index (Phi) is 5.08. The molecule has 1 aliphatic rings. The minimum Gasteiger partial charge on any atom is -0.370 e. The zero-order valence-corrected chi connectivity index (χ0v) is 14.3. The van der Waals surface area contributed by atoms with Crippen LogP contribution in [0.3, 0.4) is 0 Å². The van der Waals surface area contributed by atoms with Gasteiger partial charge in [-0.15, -0.1) is 0 Å². The lowest BCUT2D eigenvalue weighted by atomic mass is 10.2. The highest BCUT2D eigenvalue weighted by atomic mass is 16.2. The van der Waals surface area contributed by atoms with Crippen molar-refractivity contribution >= 4 is 11.7 Å². The maximum atomic E-state index is 12.7. The zero-order chi connectivity index (χ0) is 16.9. The van der Waals surface area contributed by atoms with Gasteiger partial charge in [-0.05, 0) is 18.8 Å². The second-order valence-electron chi connectivity index (χ2n) is 6.60. The molecule has 0 unspecified atom stereocenters. The Bertz CT molecular complexity index is 694. The normalized spacial score (nSPS) is 14.2. The maximum absolute atomic E-state index is 12.7. The average molecular weight is 324 g/mol. The van der Waals surface area contributed by atoms with E-state index in [9.17, 15) is 4.79 Å². The molecule has 1 aliphatic heterocycles. The van der Waals surface area contributed by atoms with Gasteiger partial charge in [0.25, 0.3) is 5.91 Å². The van der Waals surface area contributed by atoms with Gasteiger partial charge in [0.2, 0.25) is 0 Å². The van der Waals surface area contributed by atoms with Crippen molar-refractivity contribution in [1.29, 1.82) is 0 Å². The van der Waals surface area contributed by atoms with Gasteiger partial charge in [0.1, 0.15) is 11.5 Å². The highest BCUT2D eigenvalue weighted by Crippen LogP contribution is 2.20. The average Bonchev–Trinajstić information content (AvgIpc) is 3.14. The van der Waals surface area contributed by atoms with E-state index in [4.69, 9.17) is 0 Å². The molecule has 2 aromatic rings. The summed E-state index contributed by atoms with van der Waals surface area (Å²) in [5.74, 6) is 1.80. The smallest absolute Gasteiger partial charge is 0.272 e. The van der Waals surface area contributed by atoms with Crippen LogP contribution in [0.15, 0.2) is 36.4 Å². The number of nitrogens with zero attached hydrogens (tertiary/aromatic N) is 3. The number of benzene rings is 1. The Labute approximate surface area is 143 Å². The fraction of sp³-hybridized carbons (Fsp3) is 0.421. The summed E-state index contributed by atoms with van der Waals surface area (Å²) in [5, 5.41) is 3.32. The number of amides is 1. The molecule has 1 N–H and O–H groups in total. The van der Waals surface area contributed by atoms with Gasteiger partial charge in [-0.2, -0.15) is 0 Å². The summed E-state index contributed by atoms with van der Waals surface area (Å²) in [6.07, 6.45) is 2.14. The van der Waals surface area contributed by atoms with E-state index >= 15 is 0 Å². The maximum Gasteiger partial charge on any atom is 0.272 e. The highest BCUT2D eigenvalue weighted by molar-refractivity contribution is 5.93. The number of carbonyl (C=O) groups is 1. The zero-order valence-electron chi connectivity index (χ0n) is 14.3. The molecule has 0 spiro atoms. The molecule has 0 saturated carbocycles. The number of aromatic nitrogens is 2. The number of hydrogen-bond acceptors (Lipinski definition) is 4. The summed E-state index contributed by atoms with van der Waals surface area (Å²) in [4.78, 5) is 23.7. The molecule has 24 heavy (non-hydrogen) atoms. The van der Waals surface area contributed by atoms with Crippen molar-refractivity contribution in [2.75, 3.05) is 25.0 Å². The quantitative estimate of drug-likeness (QED) is 0.915. The topological polar surface area (TPSA) is 58.1 Å². The van der Waals surface area contributed by atoms with E-state index in [2.05, 4.69) is 29.1 Å². The first kappa shape index (κ1) is 16.4. The van der Waals surface area contributed by atoms with Crippen LogP contribution < -0.4 is 5.32 Å². The SMILES string of the molecule is CC(C)CNc1cc(C(=O)N2CCCC2)nc(-c2ccccc2)n1. The van der Waals surface area contributed by atoms with Crippen LogP contribution in [-0.4, -0.2) is 40.4 Å². The predicted octanol–water partition coefficient (Wildman–Crippen LogP) is 3.45. The summed E-state index contributed by atoms with van der Waals surface area (Å²) in [6.45, 7) is 6.73. The third kappa shape index (κ3) is 3.91. The second-order valence-corrected chi connectivity index (χ2v) is 6.60. The molecule has 0 radical (unpaired) electrons. The molecule has 2 heterocycles. The minimum absolute atomic E-state index is 0.000298. The monoisotopic (exact) mass is 324 g/mol. The number of likely N-dealkylation sites (tertiary alicyclic amines) is 1. The van der Waals surface area contributed by atoms with Crippen LogP contribution in [0.1, 0.15) is 37.2 Å².